The van der Waals surface area contributed by atoms with Crippen LogP contribution in [0.5, 0.6) is 0 Å². The lowest BCUT2D eigenvalue weighted by Crippen LogP contribution is -2.07. The van der Waals surface area contributed by atoms with Gasteiger partial charge in [-0.1, -0.05) is 6.07 Å². The maximum absolute atomic E-state index is 13.3. The third-order valence-electron chi connectivity index (χ3n) is 2.28. The van der Waals surface area contributed by atoms with Crippen molar-refractivity contribution in [2.75, 3.05) is 11.9 Å². The van der Waals surface area contributed by atoms with E-state index in [2.05, 4.69) is 15.3 Å². The molecule has 0 aliphatic rings. The molecule has 17 heavy (non-hydrogen) atoms. The molecular formula is C12H11F2N3. The van der Waals surface area contributed by atoms with Crippen LogP contribution in [0.3, 0.4) is 0 Å². The van der Waals surface area contributed by atoms with Crippen molar-refractivity contribution in [3.8, 4) is 0 Å². The van der Waals surface area contributed by atoms with E-state index in [0.29, 0.717) is 24.3 Å². The van der Waals surface area contributed by atoms with Crippen LogP contribution in [0.2, 0.25) is 0 Å². The van der Waals surface area contributed by atoms with Gasteiger partial charge in [-0.3, -0.25) is 4.98 Å². The second-order valence-electron chi connectivity index (χ2n) is 3.50. The molecule has 0 saturated carbocycles. The van der Waals surface area contributed by atoms with Crippen LogP contribution in [0.15, 0.2) is 36.8 Å². The Morgan fingerprint density at radius 3 is 2.76 bits per heavy atom. The Morgan fingerprint density at radius 2 is 2.06 bits per heavy atom. The van der Waals surface area contributed by atoms with Crippen LogP contribution in [-0.2, 0) is 6.42 Å². The summed E-state index contributed by atoms with van der Waals surface area (Å²) >= 11 is 0. The van der Waals surface area contributed by atoms with Crippen LogP contribution in [0, 0.1) is 11.6 Å². The summed E-state index contributed by atoms with van der Waals surface area (Å²) in [5, 5.41) is 3.00. The first-order valence-electron chi connectivity index (χ1n) is 5.19. The molecule has 0 aliphatic heterocycles. The van der Waals surface area contributed by atoms with Gasteiger partial charge in [-0.05, 0) is 18.1 Å². The predicted octanol–water partition coefficient (Wildman–Crippen LogP) is 2.41. The molecule has 2 rings (SSSR count). The quantitative estimate of drug-likeness (QED) is 0.884. The molecule has 1 aromatic heterocycles. The molecule has 0 radical (unpaired) electrons. The van der Waals surface area contributed by atoms with Gasteiger partial charge in [-0.15, -0.1) is 0 Å². The van der Waals surface area contributed by atoms with Gasteiger partial charge in [-0.25, -0.2) is 13.8 Å². The number of benzene rings is 1. The van der Waals surface area contributed by atoms with Crippen molar-refractivity contribution in [3.05, 3.63) is 54.0 Å². The Bertz CT molecular complexity index is 488. The van der Waals surface area contributed by atoms with E-state index in [1.165, 1.54) is 12.1 Å². The minimum atomic E-state index is -0.562. The molecule has 2 aromatic rings. The van der Waals surface area contributed by atoms with Gasteiger partial charge in [0.05, 0.1) is 6.20 Å². The van der Waals surface area contributed by atoms with E-state index in [4.69, 9.17) is 0 Å². The largest absolute Gasteiger partial charge is 0.368 e. The van der Waals surface area contributed by atoms with Gasteiger partial charge in [0.25, 0.3) is 0 Å². The lowest BCUT2D eigenvalue weighted by atomic mass is 10.1. The summed E-state index contributed by atoms with van der Waals surface area (Å²) in [4.78, 5) is 7.91. The van der Waals surface area contributed by atoms with Crippen LogP contribution in [0.4, 0.5) is 14.6 Å². The topological polar surface area (TPSA) is 37.8 Å². The van der Waals surface area contributed by atoms with Crippen molar-refractivity contribution in [3.63, 3.8) is 0 Å². The zero-order valence-electron chi connectivity index (χ0n) is 9.03. The smallest absolute Gasteiger partial charge is 0.144 e. The van der Waals surface area contributed by atoms with Crippen LogP contribution in [-0.4, -0.2) is 16.5 Å². The maximum Gasteiger partial charge on any atom is 0.144 e. The van der Waals surface area contributed by atoms with Crippen LogP contribution >= 0.6 is 0 Å². The number of hydrogen-bond acceptors (Lipinski definition) is 3. The van der Waals surface area contributed by atoms with Gasteiger partial charge in [0.15, 0.2) is 0 Å². The molecule has 0 spiro atoms. The molecule has 1 heterocycles. The molecule has 0 amide bonds. The highest BCUT2D eigenvalue weighted by atomic mass is 19.1. The summed E-state index contributed by atoms with van der Waals surface area (Å²) in [7, 11) is 0. The highest BCUT2D eigenvalue weighted by Crippen LogP contribution is 2.10. The SMILES string of the molecule is Fc1ccc(CCNc2cnccn2)c(F)c1. The second-order valence-corrected chi connectivity index (χ2v) is 3.50. The number of nitrogens with zero attached hydrogens (tertiary/aromatic N) is 2. The predicted molar refractivity (Wildman–Crippen MR) is 60.6 cm³/mol. The standard InChI is InChI=1S/C12H11F2N3/c13-10-2-1-9(11(14)7-10)3-4-16-12-8-15-5-6-17-12/h1-2,5-8H,3-4H2,(H,16,17). The minimum Gasteiger partial charge on any atom is -0.368 e. The number of aromatic nitrogens is 2. The van der Waals surface area contributed by atoms with E-state index >= 15 is 0 Å². The van der Waals surface area contributed by atoms with E-state index in [9.17, 15) is 8.78 Å². The van der Waals surface area contributed by atoms with Crippen molar-refractivity contribution in [1.82, 2.24) is 9.97 Å². The Balaban J connectivity index is 1.90. The average Bonchev–Trinajstić information content (AvgIpc) is 2.33. The third-order valence-corrected chi connectivity index (χ3v) is 2.28. The molecular weight excluding hydrogens is 224 g/mol. The van der Waals surface area contributed by atoms with Gasteiger partial charge in [0, 0.05) is 25.0 Å². The van der Waals surface area contributed by atoms with Crippen molar-refractivity contribution in [1.29, 1.82) is 0 Å². The van der Waals surface area contributed by atoms with Gasteiger partial charge >= 0.3 is 0 Å². The van der Waals surface area contributed by atoms with Crippen molar-refractivity contribution in [2.45, 2.75) is 6.42 Å². The molecule has 5 heteroatoms. The average molecular weight is 235 g/mol. The van der Waals surface area contributed by atoms with E-state index in [1.807, 2.05) is 0 Å². The molecule has 0 fully saturated rings. The van der Waals surface area contributed by atoms with E-state index in [0.717, 1.165) is 6.07 Å². The third kappa shape index (κ3) is 3.21. The molecule has 0 atom stereocenters. The number of rotatable bonds is 4. The van der Waals surface area contributed by atoms with E-state index < -0.39 is 11.6 Å². The van der Waals surface area contributed by atoms with E-state index in [1.54, 1.807) is 18.6 Å². The molecule has 88 valence electrons. The zero-order valence-corrected chi connectivity index (χ0v) is 9.03. The summed E-state index contributed by atoms with van der Waals surface area (Å²) in [6.07, 6.45) is 5.19. The van der Waals surface area contributed by atoms with Gasteiger partial charge < -0.3 is 5.32 Å². The van der Waals surface area contributed by atoms with Crippen LogP contribution in [0.25, 0.3) is 0 Å². The van der Waals surface area contributed by atoms with Gasteiger partial charge in [-0.2, -0.15) is 0 Å². The maximum atomic E-state index is 13.3. The lowest BCUT2D eigenvalue weighted by molar-refractivity contribution is 0.572. The first-order valence-corrected chi connectivity index (χ1v) is 5.19. The van der Waals surface area contributed by atoms with Gasteiger partial charge in [0.2, 0.25) is 0 Å². The number of anilines is 1. The van der Waals surface area contributed by atoms with Crippen molar-refractivity contribution >= 4 is 5.82 Å². The number of halogens is 2. The first kappa shape index (κ1) is 11.4. The summed E-state index contributed by atoms with van der Waals surface area (Å²) < 4.78 is 25.9. The molecule has 1 N–H and O–H groups in total. The Kier molecular flexibility index (Phi) is 3.59. The molecule has 0 unspecified atom stereocenters. The monoisotopic (exact) mass is 235 g/mol. The number of hydrogen-bond donors (Lipinski definition) is 1. The normalized spacial score (nSPS) is 10.2. The lowest BCUT2D eigenvalue weighted by Gasteiger charge is -2.05. The fourth-order valence-electron chi connectivity index (χ4n) is 1.44. The Morgan fingerprint density at radius 1 is 1.18 bits per heavy atom. The van der Waals surface area contributed by atoms with Crippen molar-refractivity contribution < 1.29 is 8.78 Å². The molecule has 0 bridgehead atoms. The summed E-state index contributed by atoms with van der Waals surface area (Å²) in [6, 6.07) is 3.58. The second kappa shape index (κ2) is 5.34. The molecule has 3 nitrogen and oxygen atoms in total. The molecule has 0 saturated heterocycles. The highest BCUT2D eigenvalue weighted by Gasteiger charge is 2.03. The van der Waals surface area contributed by atoms with E-state index in [-0.39, 0.29) is 0 Å². The number of nitrogens with one attached hydrogen (secondary N) is 1. The fraction of sp³-hybridized carbons (Fsp3) is 0.167. The summed E-state index contributed by atoms with van der Waals surface area (Å²) in [6.45, 7) is 0.515. The Labute approximate surface area is 97.5 Å². The summed E-state index contributed by atoms with van der Waals surface area (Å²) in [5.41, 5.74) is 0.475. The fourth-order valence-corrected chi connectivity index (χ4v) is 1.44. The minimum absolute atomic E-state index is 0.461. The Hall–Kier alpha value is -2.04. The zero-order chi connectivity index (χ0) is 12.1. The van der Waals surface area contributed by atoms with Crippen LogP contribution in [0.1, 0.15) is 5.56 Å². The van der Waals surface area contributed by atoms with Crippen LogP contribution < -0.4 is 5.32 Å². The molecule has 1 aromatic carbocycles. The van der Waals surface area contributed by atoms with Crippen molar-refractivity contribution in [2.24, 2.45) is 0 Å². The first-order chi connectivity index (χ1) is 8.25. The molecule has 0 aliphatic carbocycles. The summed E-state index contributed by atoms with van der Waals surface area (Å²) in [5.74, 6) is -0.450. The highest BCUT2D eigenvalue weighted by molar-refractivity contribution is 5.30. The van der Waals surface area contributed by atoms with Gasteiger partial charge in [0.1, 0.15) is 17.5 Å².